The number of carbonyl (C=O) groups excluding carboxylic acids is 2. The lowest BCUT2D eigenvalue weighted by Crippen LogP contribution is -2.68. The lowest BCUT2D eigenvalue weighted by atomic mass is 9.95. The van der Waals surface area contributed by atoms with Gasteiger partial charge in [0.15, 0.2) is 31.5 Å². The Bertz CT molecular complexity index is 1410. The van der Waals surface area contributed by atoms with Crippen molar-refractivity contribution >= 4 is 11.8 Å². The Morgan fingerprint density at radius 3 is 1.43 bits per heavy atom. The van der Waals surface area contributed by atoms with Crippen LogP contribution in [0, 0.1) is 0 Å². The second kappa shape index (κ2) is 21.8. The van der Waals surface area contributed by atoms with Gasteiger partial charge in [0, 0.05) is 20.3 Å². The van der Waals surface area contributed by atoms with Gasteiger partial charge in [-0.15, -0.1) is 0 Å². The monoisotopic (exact) mass is 894 g/mol. The van der Waals surface area contributed by atoms with Crippen LogP contribution in [0.1, 0.15) is 20.3 Å². The number of aliphatic hydroxyl groups excluding tert-OH is 14. The van der Waals surface area contributed by atoms with Gasteiger partial charge in [-0.2, -0.15) is 0 Å². The summed E-state index contributed by atoms with van der Waals surface area (Å²) in [6.07, 6.45) is -38.5. The molecule has 61 heavy (non-hydrogen) atoms. The SMILES string of the molecule is CC(=O)N[C@H]1[C@H](O[C@@H]2[C@@H](OC[C@H]3O[C@@H](O)[C@@H](O)[C@@H](O[C@H]4O[C@H](CO)C[C@H](O)[C@@H]4O[C@@H]4O[C@H](CO)[C@@H](O)[C@H](O)[C@H]4NC(C)=O)[C@@H]3O)O[C@H](CO)[C@@H](O)[C@@H]2O)O[C@H](CO)[C@@H](O)[C@@H]1O. The molecule has 0 bridgehead atoms. The molecule has 0 radical (unpaired) electrons. The highest BCUT2D eigenvalue weighted by atomic mass is 16.8. The quantitative estimate of drug-likeness (QED) is 0.0726. The third-order valence-electron chi connectivity index (χ3n) is 11.0. The Labute approximate surface area is 346 Å². The molecule has 0 spiro atoms. The summed E-state index contributed by atoms with van der Waals surface area (Å²) in [4.78, 5) is 24.0. The molecule has 5 heterocycles. The number of amides is 2. The fourth-order valence-corrected chi connectivity index (χ4v) is 7.67. The zero-order valence-electron chi connectivity index (χ0n) is 32.9. The molecule has 5 aliphatic heterocycles. The first-order chi connectivity index (χ1) is 28.8. The van der Waals surface area contributed by atoms with E-state index in [1.54, 1.807) is 0 Å². The Kier molecular flexibility index (Phi) is 17.9. The zero-order chi connectivity index (χ0) is 45.0. The molecule has 5 saturated heterocycles. The molecule has 0 aromatic carbocycles. The summed E-state index contributed by atoms with van der Waals surface area (Å²) in [7, 11) is 0. The molecule has 16 N–H and O–H groups in total. The van der Waals surface area contributed by atoms with E-state index in [0.717, 1.165) is 13.8 Å². The third-order valence-corrected chi connectivity index (χ3v) is 11.0. The Balaban J connectivity index is 1.35. The molecule has 27 heteroatoms. The van der Waals surface area contributed by atoms with E-state index < -0.39 is 192 Å². The molecule has 2 amide bonds. The molecule has 27 nitrogen and oxygen atoms in total. The van der Waals surface area contributed by atoms with Crippen molar-refractivity contribution in [3.05, 3.63) is 0 Å². The zero-order valence-corrected chi connectivity index (χ0v) is 32.9. The molecule has 0 unspecified atom stereocenters. The van der Waals surface area contributed by atoms with E-state index in [0.29, 0.717) is 0 Å². The predicted octanol–water partition coefficient (Wildman–Crippen LogP) is -10.6. The molecule has 24 atom stereocenters. The van der Waals surface area contributed by atoms with Crippen LogP contribution >= 0.6 is 0 Å². The van der Waals surface area contributed by atoms with Gasteiger partial charge >= 0.3 is 0 Å². The van der Waals surface area contributed by atoms with Crippen molar-refractivity contribution in [1.29, 1.82) is 0 Å². The van der Waals surface area contributed by atoms with Crippen LogP contribution in [0.15, 0.2) is 0 Å². The van der Waals surface area contributed by atoms with Crippen molar-refractivity contribution < 1.29 is 124 Å². The maximum Gasteiger partial charge on any atom is 0.217 e. The summed E-state index contributed by atoms with van der Waals surface area (Å²) >= 11 is 0. The topological polar surface area (TPSA) is 424 Å². The van der Waals surface area contributed by atoms with Gasteiger partial charge in [-0.25, -0.2) is 0 Å². The van der Waals surface area contributed by atoms with E-state index in [4.69, 9.17) is 42.6 Å². The first kappa shape index (κ1) is 50.0. The number of aliphatic hydroxyl groups is 14. The molecular weight excluding hydrogens is 836 g/mol. The van der Waals surface area contributed by atoms with Crippen molar-refractivity contribution in [2.75, 3.05) is 33.0 Å². The van der Waals surface area contributed by atoms with Crippen LogP contribution in [0.2, 0.25) is 0 Å². The summed E-state index contributed by atoms with van der Waals surface area (Å²) < 4.78 is 51.4. The van der Waals surface area contributed by atoms with Gasteiger partial charge in [-0.3, -0.25) is 9.59 Å². The van der Waals surface area contributed by atoms with E-state index in [-0.39, 0.29) is 6.42 Å². The summed E-state index contributed by atoms with van der Waals surface area (Å²) in [5.74, 6) is -1.41. The Hall–Kier alpha value is -1.98. The minimum Gasteiger partial charge on any atom is -0.394 e. The minimum atomic E-state index is -2.13. The lowest BCUT2D eigenvalue weighted by Gasteiger charge is -2.48. The second-order valence-electron chi connectivity index (χ2n) is 15.4. The van der Waals surface area contributed by atoms with E-state index in [1.165, 1.54) is 0 Å². The van der Waals surface area contributed by atoms with Crippen LogP contribution in [0.3, 0.4) is 0 Å². The number of rotatable bonds is 15. The standard InChI is InChI=1S/C34H58N2O25/c1-9(41)35-17-23(48)19(44)13(5-38)56-31(17)59-27-12(43)3-11(4-37)54-34(27)60-28-22(47)16(55-30(52)26(28)51)8-53-33-29(25(50)21(46)15(7-40)58-33)61-32-18(36-10(2)42)24(49)20(45)14(6-39)57-32/h11-34,37-40,43-52H,3-8H2,1-2H3,(H,35,41)(H,36,42)/t11-,12-,13+,14+,15+,16+,17+,18+,19+,20+,21+,22+,23+,24+,25-,26-,27-,28-,29-,30+,31-,32-,33-,34+/m0/s1. The largest absolute Gasteiger partial charge is 0.394 e. The van der Waals surface area contributed by atoms with E-state index in [1.807, 2.05) is 0 Å². The highest BCUT2D eigenvalue weighted by molar-refractivity contribution is 5.73. The number of carbonyl (C=O) groups is 2. The van der Waals surface area contributed by atoms with Crippen molar-refractivity contribution in [2.45, 2.75) is 168 Å². The molecule has 5 rings (SSSR count). The summed E-state index contributed by atoms with van der Waals surface area (Å²) in [6.45, 7) is -1.85. The minimum absolute atomic E-state index is 0.289. The normalized spacial score (nSPS) is 48.3. The highest BCUT2D eigenvalue weighted by Gasteiger charge is 2.55. The number of hydrogen-bond donors (Lipinski definition) is 16. The van der Waals surface area contributed by atoms with Crippen molar-refractivity contribution in [3.63, 3.8) is 0 Å². The lowest BCUT2D eigenvalue weighted by molar-refractivity contribution is -0.377. The van der Waals surface area contributed by atoms with E-state index in [2.05, 4.69) is 10.6 Å². The van der Waals surface area contributed by atoms with Crippen molar-refractivity contribution in [2.24, 2.45) is 0 Å². The van der Waals surface area contributed by atoms with Crippen LogP contribution in [-0.2, 0) is 52.2 Å². The van der Waals surface area contributed by atoms with Gasteiger partial charge in [0.2, 0.25) is 11.8 Å². The maximum atomic E-state index is 12.0. The van der Waals surface area contributed by atoms with Crippen LogP contribution in [0.25, 0.3) is 0 Å². The van der Waals surface area contributed by atoms with Gasteiger partial charge in [0.25, 0.3) is 0 Å². The number of hydrogen-bond acceptors (Lipinski definition) is 25. The molecule has 0 saturated carbocycles. The maximum absolute atomic E-state index is 12.0. The van der Waals surface area contributed by atoms with Crippen LogP contribution in [-0.4, -0.2) is 264 Å². The van der Waals surface area contributed by atoms with Gasteiger partial charge in [0.05, 0.1) is 45.2 Å². The number of ether oxygens (including phenoxy) is 9. The third kappa shape index (κ3) is 11.3. The van der Waals surface area contributed by atoms with Gasteiger partial charge in [-0.05, 0) is 0 Å². The molecule has 0 aromatic rings. The van der Waals surface area contributed by atoms with Crippen molar-refractivity contribution in [3.8, 4) is 0 Å². The first-order valence-electron chi connectivity index (χ1n) is 19.5. The summed E-state index contributed by atoms with van der Waals surface area (Å²) in [6, 6.07) is -3.02. The van der Waals surface area contributed by atoms with Crippen LogP contribution in [0.5, 0.6) is 0 Å². The van der Waals surface area contributed by atoms with Crippen molar-refractivity contribution in [1.82, 2.24) is 10.6 Å². The van der Waals surface area contributed by atoms with Gasteiger partial charge in [-0.1, -0.05) is 0 Å². The molecule has 354 valence electrons. The molecular formula is C34H58N2O25. The molecule has 0 aliphatic carbocycles. The average molecular weight is 895 g/mol. The highest BCUT2D eigenvalue weighted by Crippen LogP contribution is 2.34. The number of nitrogens with one attached hydrogen (secondary N) is 2. The average Bonchev–Trinajstić information content (AvgIpc) is 3.22. The first-order valence-corrected chi connectivity index (χ1v) is 19.5. The van der Waals surface area contributed by atoms with Crippen LogP contribution in [0.4, 0.5) is 0 Å². The van der Waals surface area contributed by atoms with E-state index >= 15 is 0 Å². The summed E-state index contributed by atoms with van der Waals surface area (Å²) in [5, 5.41) is 152. The Morgan fingerprint density at radius 1 is 0.492 bits per heavy atom. The van der Waals surface area contributed by atoms with E-state index in [9.17, 15) is 81.1 Å². The van der Waals surface area contributed by atoms with Crippen LogP contribution < -0.4 is 10.6 Å². The molecule has 0 aromatic heterocycles. The summed E-state index contributed by atoms with van der Waals surface area (Å²) in [5.41, 5.74) is 0. The second-order valence-corrected chi connectivity index (χ2v) is 15.4. The fourth-order valence-electron chi connectivity index (χ4n) is 7.67. The molecule has 5 fully saturated rings. The fraction of sp³-hybridized carbons (Fsp3) is 0.941. The predicted molar refractivity (Wildman–Crippen MR) is 188 cm³/mol. The smallest absolute Gasteiger partial charge is 0.217 e. The van der Waals surface area contributed by atoms with Gasteiger partial charge < -0.3 is 125 Å². The molecule has 5 aliphatic rings. The Morgan fingerprint density at radius 2 is 0.951 bits per heavy atom. The van der Waals surface area contributed by atoms with Gasteiger partial charge in [0.1, 0.15) is 104 Å².